The Morgan fingerprint density at radius 2 is 1.83 bits per heavy atom. The van der Waals surface area contributed by atoms with Gasteiger partial charge in [0.05, 0.1) is 13.0 Å². The lowest BCUT2D eigenvalue weighted by Crippen LogP contribution is -2.49. The lowest BCUT2D eigenvalue weighted by Gasteiger charge is -2.35. The van der Waals surface area contributed by atoms with Crippen LogP contribution in [0.1, 0.15) is 19.3 Å². The van der Waals surface area contributed by atoms with Gasteiger partial charge in [-0.1, -0.05) is 0 Å². The average molecular weight is 340 g/mol. The van der Waals surface area contributed by atoms with Gasteiger partial charge in [0, 0.05) is 45.3 Å². The minimum absolute atomic E-state index is 0.0436. The predicted molar refractivity (Wildman–Crippen MR) is 88.0 cm³/mol. The van der Waals surface area contributed by atoms with E-state index in [1.165, 1.54) is 0 Å². The number of hydrogen-bond acceptors (Lipinski definition) is 6. The summed E-state index contributed by atoms with van der Waals surface area (Å²) in [4.78, 5) is 29.2. The molecule has 3 fully saturated rings. The molecular weight excluding hydrogens is 312 g/mol. The molecule has 0 bridgehead atoms. The van der Waals surface area contributed by atoms with Crippen LogP contribution in [0.4, 0.5) is 4.79 Å². The van der Waals surface area contributed by atoms with Crippen LogP contribution in [0, 0.1) is 0 Å². The van der Waals surface area contributed by atoms with E-state index in [4.69, 9.17) is 9.84 Å². The molecule has 3 heterocycles. The number of carboxylic acids is 1. The minimum atomic E-state index is -0.742. The highest BCUT2D eigenvalue weighted by molar-refractivity contribution is 5.70. The van der Waals surface area contributed by atoms with Gasteiger partial charge in [0.15, 0.2) is 0 Å². The van der Waals surface area contributed by atoms with Crippen LogP contribution in [0.5, 0.6) is 0 Å². The number of ether oxygens (including phenoxy) is 1. The van der Waals surface area contributed by atoms with Crippen molar-refractivity contribution in [2.75, 3.05) is 58.9 Å². The number of cyclic esters (lactones) is 1. The third kappa shape index (κ3) is 4.58. The zero-order valence-electron chi connectivity index (χ0n) is 14.2. The van der Waals surface area contributed by atoms with Crippen molar-refractivity contribution in [3.8, 4) is 0 Å². The Morgan fingerprint density at radius 3 is 2.50 bits per heavy atom. The molecule has 3 aliphatic heterocycles. The Balaban J connectivity index is 1.39. The standard InChI is InChI=1S/C16H28N4O4/c21-15(22)3-6-18-7-9-19(10-8-18)11-14-12-20(16(23)24-14)13-1-4-17-5-2-13/h13-14,17H,1-12H2,(H,21,22). The van der Waals surface area contributed by atoms with Crippen LogP contribution in [0.25, 0.3) is 0 Å². The quantitative estimate of drug-likeness (QED) is 0.684. The fourth-order valence-corrected chi connectivity index (χ4v) is 3.79. The van der Waals surface area contributed by atoms with Gasteiger partial charge in [-0.2, -0.15) is 0 Å². The Bertz CT molecular complexity index is 447. The van der Waals surface area contributed by atoms with Crippen molar-refractivity contribution < 1.29 is 19.4 Å². The first-order valence-corrected chi connectivity index (χ1v) is 8.96. The summed E-state index contributed by atoms with van der Waals surface area (Å²) < 4.78 is 5.57. The maximum Gasteiger partial charge on any atom is 0.410 e. The van der Waals surface area contributed by atoms with Crippen LogP contribution in [-0.4, -0.2) is 103 Å². The van der Waals surface area contributed by atoms with Crippen LogP contribution < -0.4 is 5.32 Å². The van der Waals surface area contributed by atoms with Crippen LogP contribution in [0.15, 0.2) is 0 Å². The molecule has 0 aromatic heterocycles. The normalized spacial score (nSPS) is 27.4. The molecule has 1 unspecified atom stereocenters. The molecule has 3 aliphatic rings. The van der Waals surface area contributed by atoms with E-state index in [0.29, 0.717) is 19.1 Å². The monoisotopic (exact) mass is 340 g/mol. The molecule has 24 heavy (non-hydrogen) atoms. The molecule has 8 heteroatoms. The van der Waals surface area contributed by atoms with E-state index in [0.717, 1.165) is 58.7 Å². The number of nitrogens with zero attached hydrogens (tertiary/aromatic N) is 3. The van der Waals surface area contributed by atoms with E-state index in [9.17, 15) is 9.59 Å². The number of hydrogen-bond donors (Lipinski definition) is 2. The second-order valence-electron chi connectivity index (χ2n) is 6.93. The van der Waals surface area contributed by atoms with Crippen molar-refractivity contribution in [2.45, 2.75) is 31.4 Å². The maximum absolute atomic E-state index is 12.1. The summed E-state index contributed by atoms with van der Waals surface area (Å²) in [5, 5.41) is 12.1. The lowest BCUT2D eigenvalue weighted by molar-refractivity contribution is -0.137. The van der Waals surface area contributed by atoms with Gasteiger partial charge < -0.3 is 25.0 Å². The van der Waals surface area contributed by atoms with Gasteiger partial charge in [0.1, 0.15) is 6.10 Å². The minimum Gasteiger partial charge on any atom is -0.481 e. The molecular formula is C16H28N4O4. The highest BCUT2D eigenvalue weighted by Crippen LogP contribution is 2.21. The van der Waals surface area contributed by atoms with E-state index in [1.54, 1.807) is 0 Å². The molecule has 0 aromatic rings. The molecule has 3 saturated heterocycles. The first-order chi connectivity index (χ1) is 11.6. The number of amides is 1. The third-order valence-electron chi connectivity index (χ3n) is 5.22. The molecule has 0 saturated carbocycles. The van der Waals surface area contributed by atoms with E-state index in [-0.39, 0.29) is 18.6 Å². The Hall–Kier alpha value is -1.38. The van der Waals surface area contributed by atoms with Crippen LogP contribution in [-0.2, 0) is 9.53 Å². The van der Waals surface area contributed by atoms with Crippen LogP contribution in [0.2, 0.25) is 0 Å². The summed E-state index contributed by atoms with van der Waals surface area (Å²) in [6, 6.07) is 0.316. The highest BCUT2D eigenvalue weighted by atomic mass is 16.6. The third-order valence-corrected chi connectivity index (χ3v) is 5.22. The lowest BCUT2D eigenvalue weighted by atomic mass is 10.1. The topological polar surface area (TPSA) is 85.4 Å². The van der Waals surface area contributed by atoms with Crippen molar-refractivity contribution in [3.63, 3.8) is 0 Å². The predicted octanol–water partition coefficient (Wildman–Crippen LogP) is -0.348. The Morgan fingerprint density at radius 1 is 1.17 bits per heavy atom. The molecule has 2 N–H and O–H groups in total. The zero-order chi connectivity index (χ0) is 16.9. The summed E-state index contributed by atoms with van der Waals surface area (Å²) in [6.45, 7) is 7.60. The summed E-state index contributed by atoms with van der Waals surface area (Å²) in [7, 11) is 0. The van der Waals surface area contributed by atoms with Gasteiger partial charge in [-0.3, -0.25) is 9.69 Å². The molecule has 8 nitrogen and oxygen atoms in total. The largest absolute Gasteiger partial charge is 0.481 e. The van der Waals surface area contributed by atoms with Gasteiger partial charge in [-0.15, -0.1) is 0 Å². The SMILES string of the molecule is O=C(O)CCN1CCN(CC2CN(C3CCNCC3)C(=O)O2)CC1. The number of nitrogens with one attached hydrogen (secondary N) is 1. The van der Waals surface area contributed by atoms with E-state index >= 15 is 0 Å². The second-order valence-corrected chi connectivity index (χ2v) is 6.93. The molecule has 0 aromatic carbocycles. The van der Waals surface area contributed by atoms with Crippen molar-refractivity contribution in [1.29, 1.82) is 0 Å². The van der Waals surface area contributed by atoms with Crippen molar-refractivity contribution in [2.24, 2.45) is 0 Å². The number of piperazine rings is 1. The summed E-state index contributed by atoms with van der Waals surface area (Å²) >= 11 is 0. The van der Waals surface area contributed by atoms with E-state index in [2.05, 4.69) is 15.1 Å². The summed E-state index contributed by atoms with van der Waals surface area (Å²) in [5.41, 5.74) is 0. The maximum atomic E-state index is 12.1. The number of carbonyl (C=O) groups is 2. The fourth-order valence-electron chi connectivity index (χ4n) is 3.79. The van der Waals surface area contributed by atoms with Gasteiger partial charge in [-0.25, -0.2) is 4.79 Å². The van der Waals surface area contributed by atoms with Gasteiger partial charge in [0.25, 0.3) is 0 Å². The molecule has 0 spiro atoms. The molecule has 3 rings (SSSR count). The molecule has 1 atom stereocenters. The van der Waals surface area contributed by atoms with Gasteiger partial charge in [-0.05, 0) is 25.9 Å². The number of piperidine rings is 1. The second kappa shape index (κ2) is 8.13. The smallest absolute Gasteiger partial charge is 0.410 e. The van der Waals surface area contributed by atoms with Crippen LogP contribution in [0.3, 0.4) is 0 Å². The van der Waals surface area contributed by atoms with Crippen LogP contribution >= 0.6 is 0 Å². The highest BCUT2D eigenvalue weighted by Gasteiger charge is 2.37. The first-order valence-electron chi connectivity index (χ1n) is 8.96. The molecule has 136 valence electrons. The molecule has 0 aliphatic carbocycles. The van der Waals surface area contributed by atoms with E-state index in [1.807, 2.05) is 4.90 Å². The van der Waals surface area contributed by atoms with Gasteiger partial charge in [0.2, 0.25) is 0 Å². The van der Waals surface area contributed by atoms with Crippen molar-refractivity contribution in [3.05, 3.63) is 0 Å². The first kappa shape index (κ1) is 17.4. The number of carboxylic acid groups (broad SMARTS) is 1. The average Bonchev–Trinajstić information content (AvgIpc) is 2.95. The summed E-state index contributed by atoms with van der Waals surface area (Å²) in [6.07, 6.45) is 2.00. The van der Waals surface area contributed by atoms with Crippen molar-refractivity contribution >= 4 is 12.1 Å². The summed E-state index contributed by atoms with van der Waals surface area (Å²) in [5.74, 6) is -0.742. The van der Waals surface area contributed by atoms with E-state index < -0.39 is 5.97 Å². The number of aliphatic carboxylic acids is 1. The number of rotatable bonds is 6. The Kier molecular flexibility index (Phi) is 5.91. The molecule has 1 amide bonds. The fraction of sp³-hybridized carbons (Fsp3) is 0.875. The zero-order valence-corrected chi connectivity index (χ0v) is 14.2. The molecule has 0 radical (unpaired) electrons. The Labute approximate surface area is 142 Å². The number of carbonyl (C=O) groups excluding carboxylic acids is 1. The van der Waals surface area contributed by atoms with Crippen molar-refractivity contribution in [1.82, 2.24) is 20.0 Å². The van der Waals surface area contributed by atoms with Gasteiger partial charge >= 0.3 is 12.1 Å².